The van der Waals surface area contributed by atoms with Crippen LogP contribution in [0.1, 0.15) is 18.4 Å². The Morgan fingerprint density at radius 2 is 2.06 bits per heavy atom. The van der Waals surface area contributed by atoms with Crippen molar-refractivity contribution in [2.75, 3.05) is 20.8 Å². The van der Waals surface area contributed by atoms with Crippen LogP contribution in [-0.4, -0.2) is 26.8 Å². The van der Waals surface area contributed by atoms with Crippen LogP contribution in [0.15, 0.2) is 18.2 Å². The Morgan fingerprint density at radius 3 is 2.69 bits per heavy atom. The Kier molecular flexibility index (Phi) is 3.67. The van der Waals surface area contributed by atoms with Crippen LogP contribution in [-0.2, 0) is 6.42 Å². The Morgan fingerprint density at radius 1 is 1.25 bits per heavy atom. The number of hydrogen-bond donors (Lipinski definition) is 1. The first-order valence-corrected chi connectivity index (χ1v) is 5.78. The van der Waals surface area contributed by atoms with Gasteiger partial charge in [-0.2, -0.15) is 0 Å². The molecule has 3 nitrogen and oxygen atoms in total. The van der Waals surface area contributed by atoms with Crippen molar-refractivity contribution in [1.29, 1.82) is 0 Å². The summed E-state index contributed by atoms with van der Waals surface area (Å²) in [6, 6.07) is 6.78. The number of rotatable bonds is 4. The monoisotopic (exact) mass is 221 g/mol. The van der Waals surface area contributed by atoms with E-state index in [4.69, 9.17) is 9.47 Å². The van der Waals surface area contributed by atoms with Gasteiger partial charge in [-0.15, -0.1) is 0 Å². The average Bonchev–Trinajstić information content (AvgIpc) is 2.81. The Bertz CT molecular complexity index is 346. The van der Waals surface area contributed by atoms with Crippen LogP contribution in [0.25, 0.3) is 0 Å². The maximum atomic E-state index is 5.30. The van der Waals surface area contributed by atoms with E-state index in [2.05, 4.69) is 17.4 Å². The van der Waals surface area contributed by atoms with Crippen molar-refractivity contribution < 1.29 is 9.47 Å². The van der Waals surface area contributed by atoms with E-state index < -0.39 is 0 Å². The Balaban J connectivity index is 2.09. The van der Waals surface area contributed by atoms with Crippen molar-refractivity contribution in [2.45, 2.75) is 25.3 Å². The third-order valence-electron chi connectivity index (χ3n) is 3.09. The highest BCUT2D eigenvalue weighted by Gasteiger charge is 2.15. The molecular formula is C13H19NO2. The molecule has 0 amide bonds. The van der Waals surface area contributed by atoms with Crippen LogP contribution in [0.5, 0.6) is 11.5 Å². The van der Waals surface area contributed by atoms with E-state index in [0.717, 1.165) is 24.5 Å². The van der Waals surface area contributed by atoms with Crippen molar-refractivity contribution in [1.82, 2.24) is 5.32 Å². The van der Waals surface area contributed by atoms with E-state index in [1.54, 1.807) is 14.2 Å². The number of hydrogen-bond acceptors (Lipinski definition) is 3. The normalized spacial score (nSPS) is 19.8. The zero-order valence-corrected chi connectivity index (χ0v) is 9.95. The highest BCUT2D eigenvalue weighted by molar-refractivity contribution is 5.43. The number of ether oxygens (including phenoxy) is 2. The fraction of sp³-hybridized carbons (Fsp3) is 0.538. The minimum Gasteiger partial charge on any atom is -0.493 e. The molecule has 1 heterocycles. The predicted molar refractivity (Wildman–Crippen MR) is 64.3 cm³/mol. The quantitative estimate of drug-likeness (QED) is 0.843. The van der Waals surface area contributed by atoms with Gasteiger partial charge >= 0.3 is 0 Å². The van der Waals surface area contributed by atoms with Gasteiger partial charge in [0.25, 0.3) is 0 Å². The summed E-state index contributed by atoms with van der Waals surface area (Å²) in [6.07, 6.45) is 3.63. The van der Waals surface area contributed by atoms with Crippen LogP contribution >= 0.6 is 0 Å². The van der Waals surface area contributed by atoms with Gasteiger partial charge in [0.05, 0.1) is 14.2 Å². The minimum absolute atomic E-state index is 0.623. The lowest BCUT2D eigenvalue weighted by atomic mass is 10.0. The molecule has 16 heavy (non-hydrogen) atoms. The van der Waals surface area contributed by atoms with Crippen LogP contribution in [0, 0.1) is 0 Å². The zero-order chi connectivity index (χ0) is 11.4. The highest BCUT2D eigenvalue weighted by atomic mass is 16.5. The van der Waals surface area contributed by atoms with E-state index in [0.29, 0.717) is 6.04 Å². The molecule has 1 aromatic carbocycles. The Labute approximate surface area is 96.8 Å². The maximum Gasteiger partial charge on any atom is 0.160 e. The van der Waals surface area contributed by atoms with Crippen LogP contribution in [0.3, 0.4) is 0 Å². The fourth-order valence-corrected chi connectivity index (χ4v) is 2.22. The maximum absolute atomic E-state index is 5.30. The first-order valence-electron chi connectivity index (χ1n) is 5.78. The summed E-state index contributed by atoms with van der Waals surface area (Å²) in [4.78, 5) is 0. The smallest absolute Gasteiger partial charge is 0.160 e. The minimum atomic E-state index is 0.623. The van der Waals surface area contributed by atoms with Gasteiger partial charge in [-0.05, 0) is 43.5 Å². The molecule has 1 saturated heterocycles. The zero-order valence-electron chi connectivity index (χ0n) is 9.95. The molecule has 1 atom stereocenters. The van der Waals surface area contributed by atoms with E-state index in [1.165, 1.54) is 18.4 Å². The van der Waals surface area contributed by atoms with Crippen LogP contribution in [0.2, 0.25) is 0 Å². The summed E-state index contributed by atoms with van der Waals surface area (Å²) < 4.78 is 10.5. The average molecular weight is 221 g/mol. The fourth-order valence-electron chi connectivity index (χ4n) is 2.22. The molecule has 0 spiro atoms. The second-order valence-electron chi connectivity index (χ2n) is 4.19. The topological polar surface area (TPSA) is 30.5 Å². The second-order valence-corrected chi connectivity index (χ2v) is 4.19. The van der Waals surface area contributed by atoms with E-state index >= 15 is 0 Å². The molecule has 1 unspecified atom stereocenters. The third-order valence-corrected chi connectivity index (χ3v) is 3.09. The molecule has 1 aliphatic rings. The standard InChI is InChI=1S/C13H19NO2/c1-15-12-6-5-10(9-13(12)16-2)8-11-4-3-7-14-11/h5-6,9,11,14H,3-4,7-8H2,1-2H3. The van der Waals surface area contributed by atoms with Crippen LogP contribution in [0.4, 0.5) is 0 Å². The van der Waals surface area contributed by atoms with Gasteiger partial charge in [0.2, 0.25) is 0 Å². The van der Waals surface area contributed by atoms with Crippen molar-refractivity contribution in [3.8, 4) is 11.5 Å². The first-order chi connectivity index (χ1) is 7.83. The molecule has 88 valence electrons. The number of benzene rings is 1. The lowest BCUT2D eigenvalue weighted by molar-refractivity contribution is 0.354. The molecule has 0 bridgehead atoms. The molecule has 1 aliphatic heterocycles. The molecule has 0 aliphatic carbocycles. The van der Waals surface area contributed by atoms with Crippen LogP contribution < -0.4 is 14.8 Å². The first kappa shape index (κ1) is 11.3. The second kappa shape index (κ2) is 5.21. The molecule has 3 heteroatoms. The summed E-state index contributed by atoms with van der Waals surface area (Å²) in [5.41, 5.74) is 1.30. The van der Waals surface area contributed by atoms with E-state index in [1.807, 2.05) is 6.07 Å². The van der Waals surface area contributed by atoms with Gasteiger partial charge in [-0.25, -0.2) is 0 Å². The molecule has 2 rings (SSSR count). The summed E-state index contributed by atoms with van der Waals surface area (Å²) in [5, 5.41) is 3.50. The molecular weight excluding hydrogens is 202 g/mol. The summed E-state index contributed by atoms with van der Waals surface area (Å²) >= 11 is 0. The molecule has 0 aromatic heterocycles. The Hall–Kier alpha value is -1.22. The largest absolute Gasteiger partial charge is 0.493 e. The number of nitrogens with one attached hydrogen (secondary N) is 1. The van der Waals surface area contributed by atoms with E-state index in [-0.39, 0.29) is 0 Å². The number of methoxy groups -OCH3 is 2. The van der Waals surface area contributed by atoms with Gasteiger partial charge in [-0.1, -0.05) is 6.07 Å². The van der Waals surface area contributed by atoms with Gasteiger partial charge in [-0.3, -0.25) is 0 Å². The van der Waals surface area contributed by atoms with Gasteiger partial charge in [0.1, 0.15) is 0 Å². The molecule has 0 saturated carbocycles. The summed E-state index contributed by atoms with van der Waals surface area (Å²) in [7, 11) is 3.34. The molecule has 0 radical (unpaired) electrons. The summed E-state index contributed by atoms with van der Waals surface area (Å²) in [6.45, 7) is 1.15. The molecule has 1 fully saturated rings. The van der Waals surface area contributed by atoms with Crippen molar-refractivity contribution >= 4 is 0 Å². The van der Waals surface area contributed by atoms with Crippen molar-refractivity contribution in [3.63, 3.8) is 0 Å². The van der Waals surface area contributed by atoms with Crippen molar-refractivity contribution in [3.05, 3.63) is 23.8 Å². The SMILES string of the molecule is COc1ccc(CC2CCCN2)cc1OC. The predicted octanol–water partition coefficient (Wildman–Crippen LogP) is 2.00. The van der Waals surface area contributed by atoms with Gasteiger partial charge in [0, 0.05) is 6.04 Å². The lowest BCUT2D eigenvalue weighted by Gasteiger charge is -2.13. The third kappa shape index (κ3) is 2.47. The van der Waals surface area contributed by atoms with Gasteiger partial charge < -0.3 is 14.8 Å². The summed E-state index contributed by atoms with van der Waals surface area (Å²) in [5.74, 6) is 1.61. The van der Waals surface area contributed by atoms with E-state index in [9.17, 15) is 0 Å². The molecule has 1 N–H and O–H groups in total. The highest BCUT2D eigenvalue weighted by Crippen LogP contribution is 2.28. The van der Waals surface area contributed by atoms with Crippen molar-refractivity contribution in [2.24, 2.45) is 0 Å². The lowest BCUT2D eigenvalue weighted by Crippen LogP contribution is -2.23. The molecule has 1 aromatic rings. The van der Waals surface area contributed by atoms with Gasteiger partial charge in [0.15, 0.2) is 11.5 Å².